The van der Waals surface area contributed by atoms with Crippen molar-refractivity contribution in [2.75, 3.05) is 32.7 Å². The molecule has 1 fully saturated rings. The highest BCUT2D eigenvalue weighted by atomic mass is 32.1. The summed E-state index contributed by atoms with van der Waals surface area (Å²) < 4.78 is 0. The summed E-state index contributed by atoms with van der Waals surface area (Å²) in [5, 5.41) is 2.12. The number of thiophene rings is 1. The Morgan fingerprint density at radius 3 is 2.57 bits per heavy atom. The monoisotopic (exact) mass is 309 g/mol. The second-order valence-electron chi connectivity index (χ2n) is 5.69. The number of unbranched alkanes of at least 4 members (excludes halogenated alkanes) is 3. The van der Waals surface area contributed by atoms with Gasteiger partial charge in [0, 0.05) is 44.0 Å². The quantitative estimate of drug-likeness (QED) is 0.750. The molecular weight excluding hydrogens is 282 g/mol. The molecule has 0 bridgehead atoms. The first-order chi connectivity index (χ1) is 10.3. The van der Waals surface area contributed by atoms with Crippen molar-refractivity contribution in [1.82, 2.24) is 9.80 Å². The molecular formula is C16H27N3OS. The standard InChI is InChI=1S/C16H27N3OS/c17-8-4-2-1-3-7-16(20)19-11-9-18(10-12-19)14-15-6-5-13-21-15/h5-6,13H,1-4,7-12,14,17H2. The van der Waals surface area contributed by atoms with E-state index in [2.05, 4.69) is 22.4 Å². The van der Waals surface area contributed by atoms with Crippen molar-refractivity contribution in [3.05, 3.63) is 22.4 Å². The molecule has 2 N–H and O–H groups in total. The molecule has 5 heteroatoms. The average molecular weight is 309 g/mol. The van der Waals surface area contributed by atoms with E-state index >= 15 is 0 Å². The lowest BCUT2D eigenvalue weighted by molar-refractivity contribution is -0.133. The molecule has 118 valence electrons. The van der Waals surface area contributed by atoms with Crippen LogP contribution < -0.4 is 5.73 Å². The Bertz CT molecular complexity index is 400. The molecule has 0 saturated carbocycles. The minimum atomic E-state index is 0.332. The van der Waals surface area contributed by atoms with E-state index in [-0.39, 0.29) is 0 Å². The topological polar surface area (TPSA) is 49.6 Å². The molecule has 1 aliphatic heterocycles. The van der Waals surface area contributed by atoms with E-state index in [4.69, 9.17) is 5.73 Å². The summed E-state index contributed by atoms with van der Waals surface area (Å²) >= 11 is 1.81. The molecule has 0 aliphatic carbocycles. The molecule has 0 aromatic carbocycles. The van der Waals surface area contributed by atoms with Crippen LogP contribution in [0.3, 0.4) is 0 Å². The highest BCUT2D eigenvalue weighted by Gasteiger charge is 2.20. The van der Waals surface area contributed by atoms with Gasteiger partial charge in [-0.15, -0.1) is 11.3 Å². The molecule has 2 rings (SSSR count). The summed E-state index contributed by atoms with van der Waals surface area (Å²) in [4.78, 5) is 18.0. The first-order valence-electron chi connectivity index (χ1n) is 8.02. The smallest absolute Gasteiger partial charge is 0.222 e. The Morgan fingerprint density at radius 2 is 1.90 bits per heavy atom. The molecule has 4 nitrogen and oxygen atoms in total. The van der Waals surface area contributed by atoms with Crippen molar-refractivity contribution in [3.8, 4) is 0 Å². The number of piperazine rings is 1. The van der Waals surface area contributed by atoms with E-state index in [1.54, 1.807) is 0 Å². The van der Waals surface area contributed by atoms with E-state index < -0.39 is 0 Å². The van der Waals surface area contributed by atoms with Crippen molar-refractivity contribution in [1.29, 1.82) is 0 Å². The summed E-state index contributed by atoms with van der Waals surface area (Å²) in [6, 6.07) is 4.29. The number of rotatable bonds is 8. The third-order valence-electron chi connectivity index (χ3n) is 4.03. The van der Waals surface area contributed by atoms with E-state index in [9.17, 15) is 4.79 Å². The fraction of sp³-hybridized carbons (Fsp3) is 0.688. The molecule has 0 radical (unpaired) electrons. The Morgan fingerprint density at radius 1 is 1.14 bits per heavy atom. The Balaban J connectivity index is 1.60. The van der Waals surface area contributed by atoms with Gasteiger partial charge in [0.15, 0.2) is 0 Å². The van der Waals surface area contributed by atoms with Crippen LogP contribution in [0.15, 0.2) is 17.5 Å². The zero-order valence-electron chi connectivity index (χ0n) is 12.8. The van der Waals surface area contributed by atoms with Crippen molar-refractivity contribution in [3.63, 3.8) is 0 Å². The Labute approximate surface area is 131 Å². The van der Waals surface area contributed by atoms with Gasteiger partial charge in [-0.05, 0) is 30.8 Å². The Hall–Kier alpha value is -0.910. The fourth-order valence-electron chi connectivity index (χ4n) is 2.71. The number of nitrogens with two attached hydrogens (primary N) is 1. The Kier molecular flexibility index (Phi) is 7.19. The van der Waals surface area contributed by atoms with Gasteiger partial charge in [0.1, 0.15) is 0 Å². The van der Waals surface area contributed by atoms with Crippen molar-refractivity contribution < 1.29 is 4.79 Å². The van der Waals surface area contributed by atoms with Crippen LogP contribution in [0.1, 0.15) is 37.0 Å². The lowest BCUT2D eigenvalue weighted by Crippen LogP contribution is -2.48. The maximum Gasteiger partial charge on any atom is 0.222 e. The van der Waals surface area contributed by atoms with Gasteiger partial charge in [-0.1, -0.05) is 18.9 Å². The summed E-state index contributed by atoms with van der Waals surface area (Å²) in [5.74, 6) is 0.332. The zero-order chi connectivity index (χ0) is 14.9. The number of carbonyl (C=O) groups is 1. The van der Waals surface area contributed by atoms with Crippen molar-refractivity contribution >= 4 is 17.2 Å². The highest BCUT2D eigenvalue weighted by molar-refractivity contribution is 7.09. The van der Waals surface area contributed by atoms with E-state index in [0.717, 1.165) is 65.0 Å². The molecule has 1 aliphatic rings. The second kappa shape index (κ2) is 9.18. The number of amides is 1. The van der Waals surface area contributed by atoms with Crippen molar-refractivity contribution in [2.24, 2.45) is 5.73 Å². The van der Waals surface area contributed by atoms with Crippen LogP contribution in [0.4, 0.5) is 0 Å². The van der Waals surface area contributed by atoms with Gasteiger partial charge in [0.25, 0.3) is 0 Å². The third kappa shape index (κ3) is 5.77. The van der Waals surface area contributed by atoms with Gasteiger partial charge in [0.05, 0.1) is 0 Å². The average Bonchev–Trinajstić information content (AvgIpc) is 3.00. The molecule has 1 aromatic rings. The lowest BCUT2D eigenvalue weighted by Gasteiger charge is -2.34. The van der Waals surface area contributed by atoms with Gasteiger partial charge >= 0.3 is 0 Å². The van der Waals surface area contributed by atoms with Gasteiger partial charge in [0.2, 0.25) is 5.91 Å². The van der Waals surface area contributed by atoms with E-state index in [1.165, 1.54) is 4.88 Å². The molecule has 0 unspecified atom stereocenters. The maximum atomic E-state index is 12.1. The molecule has 2 heterocycles. The first kappa shape index (κ1) is 16.5. The van der Waals surface area contributed by atoms with Gasteiger partial charge < -0.3 is 10.6 Å². The predicted molar refractivity (Wildman–Crippen MR) is 88.3 cm³/mol. The molecule has 1 saturated heterocycles. The SMILES string of the molecule is NCCCCCCC(=O)N1CCN(Cc2cccs2)CC1. The van der Waals surface area contributed by atoms with Gasteiger partial charge in [-0.2, -0.15) is 0 Å². The second-order valence-corrected chi connectivity index (χ2v) is 6.72. The molecule has 21 heavy (non-hydrogen) atoms. The summed E-state index contributed by atoms with van der Waals surface area (Å²) in [6.45, 7) is 5.55. The third-order valence-corrected chi connectivity index (χ3v) is 4.89. The fourth-order valence-corrected chi connectivity index (χ4v) is 3.46. The lowest BCUT2D eigenvalue weighted by atomic mass is 10.1. The highest BCUT2D eigenvalue weighted by Crippen LogP contribution is 2.14. The maximum absolute atomic E-state index is 12.1. The van der Waals surface area contributed by atoms with Crippen molar-refractivity contribution in [2.45, 2.75) is 38.6 Å². The van der Waals surface area contributed by atoms with Crippen LogP contribution in [-0.2, 0) is 11.3 Å². The van der Waals surface area contributed by atoms with Crippen LogP contribution in [-0.4, -0.2) is 48.4 Å². The van der Waals surface area contributed by atoms with Crippen LogP contribution in [0.5, 0.6) is 0 Å². The minimum absolute atomic E-state index is 0.332. The molecule has 0 spiro atoms. The number of hydrogen-bond donors (Lipinski definition) is 1. The number of carbonyl (C=O) groups excluding carboxylic acids is 1. The summed E-state index contributed by atoms with van der Waals surface area (Å²) in [7, 11) is 0. The largest absolute Gasteiger partial charge is 0.340 e. The van der Waals surface area contributed by atoms with E-state index in [1.807, 2.05) is 16.2 Å². The van der Waals surface area contributed by atoms with Crippen LogP contribution in [0.2, 0.25) is 0 Å². The summed E-state index contributed by atoms with van der Waals surface area (Å²) in [5.41, 5.74) is 5.47. The minimum Gasteiger partial charge on any atom is -0.340 e. The van der Waals surface area contributed by atoms with Crippen LogP contribution >= 0.6 is 11.3 Å². The molecule has 1 amide bonds. The first-order valence-corrected chi connectivity index (χ1v) is 8.90. The number of nitrogens with zero attached hydrogens (tertiary/aromatic N) is 2. The molecule has 0 atom stereocenters. The predicted octanol–water partition coefficient (Wildman–Crippen LogP) is 2.30. The van der Waals surface area contributed by atoms with E-state index in [0.29, 0.717) is 12.3 Å². The molecule has 1 aromatic heterocycles. The van der Waals surface area contributed by atoms with Crippen LogP contribution in [0, 0.1) is 0 Å². The van der Waals surface area contributed by atoms with Gasteiger partial charge in [-0.25, -0.2) is 0 Å². The number of hydrogen-bond acceptors (Lipinski definition) is 4. The van der Waals surface area contributed by atoms with Crippen LogP contribution in [0.25, 0.3) is 0 Å². The van der Waals surface area contributed by atoms with Gasteiger partial charge in [-0.3, -0.25) is 9.69 Å². The summed E-state index contributed by atoms with van der Waals surface area (Å²) in [6.07, 6.45) is 5.07. The zero-order valence-corrected chi connectivity index (χ0v) is 13.6. The normalized spacial score (nSPS) is 16.3.